The Morgan fingerprint density at radius 3 is 1.81 bits per heavy atom. The zero-order valence-corrected chi connectivity index (χ0v) is 31.0. The van der Waals surface area contributed by atoms with Crippen molar-refractivity contribution in [3.63, 3.8) is 0 Å². The molecule has 7 N–H and O–H groups in total. The number of primary amides is 1. The molecule has 0 bridgehead atoms. The highest BCUT2D eigenvalue weighted by Crippen LogP contribution is 2.42. The van der Waals surface area contributed by atoms with Crippen molar-refractivity contribution in [1.82, 2.24) is 10.3 Å². The van der Waals surface area contributed by atoms with E-state index in [1.165, 1.54) is 45.3 Å². The third kappa shape index (κ3) is 10.6. The number of alkyl halides is 6. The molecule has 13 nitrogen and oxygen atoms in total. The third-order valence-electron chi connectivity index (χ3n) is 9.50. The Balaban J connectivity index is 0.000000573. The summed E-state index contributed by atoms with van der Waals surface area (Å²) in [5.74, 6) is -6.88. The molecular formula is C37H39F7N4O9. The SMILES string of the molecule is Cc1cc(F)ccc1-c1cc([C@H]2CC[C@](C)(C(N)=O)N2)ncc1N(C)C(=O)C(C)(C)c1cc(C(F)(F)F)cc(C(F)(F)F)c1.O=C(O)CC(O)(CC(=O)O)C(=O)O. The molecule has 0 aliphatic carbocycles. The van der Waals surface area contributed by atoms with Crippen LogP contribution in [0.1, 0.15) is 80.4 Å². The molecule has 1 aliphatic heterocycles. The van der Waals surface area contributed by atoms with E-state index in [1.54, 1.807) is 19.9 Å². The number of benzene rings is 2. The van der Waals surface area contributed by atoms with Crippen molar-refractivity contribution in [3.05, 3.63) is 82.4 Å². The predicted molar refractivity (Wildman–Crippen MR) is 187 cm³/mol. The number of carboxylic acids is 3. The van der Waals surface area contributed by atoms with Crippen LogP contribution in [0, 0.1) is 12.7 Å². The fourth-order valence-corrected chi connectivity index (χ4v) is 6.13. The second-order valence-electron chi connectivity index (χ2n) is 14.3. The van der Waals surface area contributed by atoms with Crippen molar-refractivity contribution in [1.29, 1.82) is 0 Å². The van der Waals surface area contributed by atoms with Gasteiger partial charge in [-0.15, -0.1) is 0 Å². The number of carbonyl (C=O) groups is 5. The van der Waals surface area contributed by atoms with E-state index in [4.69, 9.17) is 26.2 Å². The number of carboxylic acid groups (broad SMARTS) is 3. The van der Waals surface area contributed by atoms with E-state index in [-0.39, 0.29) is 11.8 Å². The largest absolute Gasteiger partial charge is 0.481 e. The van der Waals surface area contributed by atoms with E-state index in [0.717, 1.165) is 4.90 Å². The summed E-state index contributed by atoms with van der Waals surface area (Å²) in [6, 6.07) is 6.33. The van der Waals surface area contributed by atoms with E-state index < -0.39 is 100 Å². The molecule has 1 aromatic heterocycles. The lowest BCUT2D eigenvalue weighted by Crippen LogP contribution is -2.49. The quantitative estimate of drug-likeness (QED) is 0.131. The number of hydrogen-bond donors (Lipinski definition) is 6. The molecule has 310 valence electrons. The molecule has 2 amide bonds. The number of aliphatic carboxylic acids is 3. The number of aliphatic hydroxyl groups is 1. The van der Waals surface area contributed by atoms with E-state index in [9.17, 15) is 54.7 Å². The number of aromatic nitrogens is 1. The van der Waals surface area contributed by atoms with Crippen LogP contribution in [0.25, 0.3) is 11.1 Å². The Labute approximate surface area is 320 Å². The first-order valence-corrected chi connectivity index (χ1v) is 16.7. The highest BCUT2D eigenvalue weighted by Gasteiger charge is 2.43. The Bertz CT molecular complexity index is 2020. The summed E-state index contributed by atoms with van der Waals surface area (Å²) in [7, 11) is 1.33. The number of likely N-dealkylation sites (N-methyl/N-ethyl adjacent to an activating group) is 1. The van der Waals surface area contributed by atoms with Gasteiger partial charge in [0.1, 0.15) is 5.82 Å². The predicted octanol–water partition coefficient (Wildman–Crippen LogP) is 5.59. The van der Waals surface area contributed by atoms with Gasteiger partial charge < -0.3 is 31.1 Å². The van der Waals surface area contributed by atoms with Crippen LogP contribution >= 0.6 is 0 Å². The summed E-state index contributed by atoms with van der Waals surface area (Å²) < 4.78 is 95.5. The van der Waals surface area contributed by atoms with Crippen LogP contribution in [0.15, 0.2) is 48.7 Å². The van der Waals surface area contributed by atoms with Gasteiger partial charge >= 0.3 is 30.3 Å². The minimum atomic E-state index is -5.09. The molecule has 0 unspecified atom stereocenters. The molecule has 1 fully saturated rings. The van der Waals surface area contributed by atoms with Crippen LogP contribution in [0.2, 0.25) is 0 Å². The Morgan fingerprint density at radius 1 is 0.877 bits per heavy atom. The number of aryl methyl sites for hydroxylation is 1. The highest BCUT2D eigenvalue weighted by molar-refractivity contribution is 6.03. The molecule has 3 aromatic rings. The van der Waals surface area contributed by atoms with Crippen molar-refractivity contribution in [3.8, 4) is 11.1 Å². The van der Waals surface area contributed by atoms with Gasteiger partial charge in [-0.25, -0.2) is 9.18 Å². The Kier molecular flexibility index (Phi) is 13.2. The molecule has 2 heterocycles. The average Bonchev–Trinajstić information content (AvgIpc) is 3.49. The maximum Gasteiger partial charge on any atom is 0.416 e. The molecule has 1 saturated heterocycles. The second-order valence-corrected chi connectivity index (χ2v) is 14.3. The molecule has 4 rings (SSSR count). The maximum absolute atomic E-state index is 14.0. The van der Waals surface area contributed by atoms with Crippen molar-refractivity contribution < 1.29 is 75.1 Å². The van der Waals surface area contributed by atoms with Gasteiger partial charge in [0.25, 0.3) is 0 Å². The first kappa shape index (κ1) is 45.8. The zero-order valence-electron chi connectivity index (χ0n) is 31.0. The molecule has 2 atom stereocenters. The number of nitrogens with zero attached hydrogens (tertiary/aromatic N) is 2. The minimum absolute atomic E-state index is 0.00606. The molecule has 0 radical (unpaired) electrons. The lowest BCUT2D eigenvalue weighted by molar-refractivity contribution is -0.170. The van der Waals surface area contributed by atoms with E-state index >= 15 is 0 Å². The monoisotopic (exact) mass is 816 g/mol. The van der Waals surface area contributed by atoms with Crippen LogP contribution < -0.4 is 16.0 Å². The maximum atomic E-state index is 14.0. The minimum Gasteiger partial charge on any atom is -0.481 e. The number of hydrogen-bond acceptors (Lipinski definition) is 8. The van der Waals surface area contributed by atoms with Crippen molar-refractivity contribution in [2.45, 2.75) is 88.3 Å². The van der Waals surface area contributed by atoms with Crippen LogP contribution in [0.3, 0.4) is 0 Å². The summed E-state index contributed by atoms with van der Waals surface area (Å²) in [4.78, 5) is 62.0. The second kappa shape index (κ2) is 16.5. The summed E-state index contributed by atoms with van der Waals surface area (Å²) >= 11 is 0. The average molecular weight is 817 g/mol. The number of anilines is 1. The van der Waals surface area contributed by atoms with E-state index in [2.05, 4.69) is 10.3 Å². The van der Waals surface area contributed by atoms with Crippen molar-refractivity contribution >= 4 is 35.4 Å². The molecule has 1 aliphatic rings. The summed E-state index contributed by atoms with van der Waals surface area (Å²) in [6.07, 6.45) is -10.2. The van der Waals surface area contributed by atoms with E-state index in [1.807, 2.05) is 0 Å². The Hall–Kier alpha value is -5.63. The highest BCUT2D eigenvalue weighted by atomic mass is 19.4. The van der Waals surface area contributed by atoms with E-state index in [0.29, 0.717) is 47.4 Å². The summed E-state index contributed by atoms with van der Waals surface area (Å²) in [6.45, 7) is 5.78. The van der Waals surface area contributed by atoms with Crippen LogP contribution in [-0.2, 0) is 41.7 Å². The molecule has 57 heavy (non-hydrogen) atoms. The fourth-order valence-electron chi connectivity index (χ4n) is 6.13. The van der Waals surface area contributed by atoms with Gasteiger partial charge in [-0.2, -0.15) is 26.3 Å². The smallest absolute Gasteiger partial charge is 0.416 e. The molecular weight excluding hydrogens is 777 g/mol. The van der Waals surface area contributed by atoms with Gasteiger partial charge in [-0.3, -0.25) is 29.5 Å². The normalized spacial score (nSPS) is 17.3. The standard InChI is InChI=1S/C31H31F7N4O2.C6H8O7/c1-16-10-20(32)6-7-21(16)22-14-24(23-8-9-29(4,41-23)26(39)43)40-15-25(22)42(5)27(44)28(2,3)17-11-18(30(33,34)35)13-19(12-17)31(36,37)38;7-3(8)1-6(13,5(11)12)2-4(9)10/h6-7,10-15,23,41H,8-9H2,1-5H3,(H2,39,43);13H,1-2H2,(H,7,8)(H,9,10)(H,11,12)/t23-,29-;/m1./s1. The number of pyridine rings is 1. The first-order valence-electron chi connectivity index (χ1n) is 16.7. The zero-order chi connectivity index (χ0) is 43.6. The third-order valence-corrected chi connectivity index (χ3v) is 9.50. The van der Waals surface area contributed by atoms with Gasteiger partial charge in [0.05, 0.1) is 58.5 Å². The lowest BCUT2D eigenvalue weighted by atomic mass is 9.81. The Morgan fingerprint density at radius 2 is 1.39 bits per heavy atom. The number of halogens is 7. The first-order chi connectivity index (χ1) is 25.9. The molecule has 0 saturated carbocycles. The number of carbonyl (C=O) groups excluding carboxylic acids is 2. The number of amides is 2. The van der Waals surface area contributed by atoms with Gasteiger partial charge in [-0.05, 0) is 93.6 Å². The number of nitrogens with two attached hydrogens (primary N) is 1. The molecule has 20 heteroatoms. The molecule has 0 spiro atoms. The van der Waals surface area contributed by atoms with Gasteiger partial charge in [0.15, 0.2) is 5.60 Å². The van der Waals surface area contributed by atoms with Crippen LogP contribution in [0.5, 0.6) is 0 Å². The van der Waals surface area contributed by atoms with Crippen LogP contribution in [0.4, 0.5) is 36.4 Å². The topological polar surface area (TPSA) is 220 Å². The number of rotatable bonds is 11. The van der Waals surface area contributed by atoms with Crippen LogP contribution in [-0.4, -0.2) is 73.3 Å². The van der Waals surface area contributed by atoms with Gasteiger partial charge in [0.2, 0.25) is 11.8 Å². The van der Waals surface area contributed by atoms with Gasteiger partial charge in [0, 0.05) is 12.6 Å². The lowest BCUT2D eigenvalue weighted by Gasteiger charge is -2.32. The fraction of sp³-hybridized carbons (Fsp3) is 0.405. The molecule has 2 aromatic carbocycles. The van der Waals surface area contributed by atoms with Crippen molar-refractivity contribution in [2.24, 2.45) is 5.73 Å². The summed E-state index contributed by atoms with van der Waals surface area (Å²) in [5.41, 5.74) is -1.49. The van der Waals surface area contributed by atoms with Crippen molar-refractivity contribution in [2.75, 3.05) is 11.9 Å². The van der Waals surface area contributed by atoms with Gasteiger partial charge in [-0.1, -0.05) is 6.07 Å². The number of nitrogens with one attached hydrogen (secondary N) is 1. The summed E-state index contributed by atoms with van der Waals surface area (Å²) in [5, 5.41) is 37.0.